The number of ether oxygens (including phenoxy) is 1. The van der Waals surface area contributed by atoms with E-state index in [1.165, 1.54) is 12.1 Å². The standard InChI is InChI=1S/C14H13F3N4O4/c15-14(16,17)9-4-1-3-8(18-9)7-20-12(22)21-10(19-20)5-2-6-11(21)25-13(23)24/h1,3-4,11H,2,5-7H2,(H,23,24)/t11-/m0/s1. The molecule has 2 aromatic rings. The van der Waals surface area contributed by atoms with Crippen LogP contribution in [0.1, 0.15) is 36.3 Å². The summed E-state index contributed by atoms with van der Waals surface area (Å²) in [6, 6.07) is 3.38. The summed E-state index contributed by atoms with van der Waals surface area (Å²) >= 11 is 0. The van der Waals surface area contributed by atoms with Gasteiger partial charge in [-0.3, -0.25) is 0 Å². The molecule has 0 aliphatic carbocycles. The fourth-order valence-corrected chi connectivity index (χ4v) is 2.70. The van der Waals surface area contributed by atoms with Crippen LogP contribution in [0, 0.1) is 0 Å². The molecule has 0 saturated carbocycles. The second kappa shape index (κ2) is 6.22. The van der Waals surface area contributed by atoms with Crippen molar-refractivity contribution in [1.29, 1.82) is 0 Å². The van der Waals surface area contributed by atoms with Gasteiger partial charge in [0.1, 0.15) is 11.5 Å². The third kappa shape index (κ3) is 3.49. The van der Waals surface area contributed by atoms with E-state index < -0.39 is 29.9 Å². The summed E-state index contributed by atoms with van der Waals surface area (Å²) in [7, 11) is 0. The van der Waals surface area contributed by atoms with Gasteiger partial charge < -0.3 is 9.84 Å². The summed E-state index contributed by atoms with van der Waals surface area (Å²) in [5, 5.41) is 12.8. The van der Waals surface area contributed by atoms with Crippen LogP contribution in [0.25, 0.3) is 0 Å². The lowest BCUT2D eigenvalue weighted by molar-refractivity contribution is -0.141. The second-order valence-electron chi connectivity index (χ2n) is 5.47. The lowest BCUT2D eigenvalue weighted by Gasteiger charge is -2.21. The average Bonchev–Trinajstić information content (AvgIpc) is 2.83. The maximum atomic E-state index is 12.7. The molecule has 1 aliphatic rings. The number of carboxylic acid groups (broad SMARTS) is 1. The van der Waals surface area contributed by atoms with Crippen LogP contribution in [0.5, 0.6) is 0 Å². The van der Waals surface area contributed by atoms with Crippen LogP contribution in [-0.2, 0) is 23.9 Å². The third-order valence-corrected chi connectivity index (χ3v) is 3.73. The zero-order valence-corrected chi connectivity index (χ0v) is 12.7. The Bertz CT molecular complexity index is 858. The van der Waals surface area contributed by atoms with Crippen molar-refractivity contribution < 1.29 is 27.8 Å². The van der Waals surface area contributed by atoms with Crippen LogP contribution in [0.4, 0.5) is 18.0 Å². The van der Waals surface area contributed by atoms with Crippen LogP contribution in [-0.4, -0.2) is 30.6 Å². The molecule has 25 heavy (non-hydrogen) atoms. The fraction of sp³-hybridized carbons (Fsp3) is 0.429. The molecule has 0 bridgehead atoms. The highest BCUT2D eigenvalue weighted by atomic mass is 19.4. The first-order chi connectivity index (χ1) is 11.8. The van der Waals surface area contributed by atoms with Gasteiger partial charge in [-0.2, -0.15) is 18.3 Å². The van der Waals surface area contributed by atoms with E-state index in [4.69, 9.17) is 5.11 Å². The first-order valence-corrected chi connectivity index (χ1v) is 7.36. The second-order valence-corrected chi connectivity index (χ2v) is 5.47. The van der Waals surface area contributed by atoms with Crippen LogP contribution in [0.2, 0.25) is 0 Å². The number of halogens is 3. The Morgan fingerprint density at radius 2 is 2.16 bits per heavy atom. The van der Waals surface area contributed by atoms with Gasteiger partial charge in [-0.05, 0) is 18.6 Å². The molecular formula is C14H13F3N4O4. The topological polar surface area (TPSA) is 99.2 Å². The minimum Gasteiger partial charge on any atom is -0.450 e. The summed E-state index contributed by atoms with van der Waals surface area (Å²) < 4.78 is 44.9. The number of fused-ring (bicyclic) bond motifs is 1. The number of pyridine rings is 1. The zero-order valence-electron chi connectivity index (χ0n) is 12.7. The highest BCUT2D eigenvalue weighted by Gasteiger charge is 2.33. The molecule has 3 heterocycles. The van der Waals surface area contributed by atoms with Crippen molar-refractivity contribution >= 4 is 6.16 Å². The lowest BCUT2D eigenvalue weighted by atomic mass is 10.1. The van der Waals surface area contributed by atoms with Crippen molar-refractivity contribution in [3.8, 4) is 0 Å². The van der Waals surface area contributed by atoms with Crippen LogP contribution in [0.15, 0.2) is 23.0 Å². The van der Waals surface area contributed by atoms with E-state index in [1.807, 2.05) is 0 Å². The Labute approximate surface area is 138 Å². The number of carbonyl (C=O) groups is 1. The third-order valence-electron chi connectivity index (χ3n) is 3.73. The molecular weight excluding hydrogens is 345 g/mol. The Morgan fingerprint density at radius 1 is 1.40 bits per heavy atom. The molecule has 8 nitrogen and oxygen atoms in total. The zero-order chi connectivity index (χ0) is 18.2. The molecule has 134 valence electrons. The van der Waals surface area contributed by atoms with E-state index in [0.717, 1.165) is 15.3 Å². The summed E-state index contributed by atoms with van der Waals surface area (Å²) in [4.78, 5) is 26.7. The van der Waals surface area contributed by atoms with Crippen molar-refractivity contribution in [3.63, 3.8) is 0 Å². The van der Waals surface area contributed by atoms with Gasteiger partial charge in [0.2, 0.25) is 0 Å². The number of hydrogen-bond donors (Lipinski definition) is 1. The summed E-state index contributed by atoms with van der Waals surface area (Å²) in [5.74, 6) is 0.328. The summed E-state index contributed by atoms with van der Waals surface area (Å²) in [6.07, 6.45) is -5.75. The summed E-state index contributed by atoms with van der Waals surface area (Å²) in [6.45, 7) is -0.261. The molecule has 0 radical (unpaired) electrons. The van der Waals surface area contributed by atoms with Gasteiger partial charge >= 0.3 is 18.0 Å². The van der Waals surface area contributed by atoms with Gasteiger partial charge in [-0.15, -0.1) is 0 Å². The van der Waals surface area contributed by atoms with Gasteiger partial charge in [0.25, 0.3) is 0 Å². The minimum absolute atomic E-state index is 0.0167. The SMILES string of the molecule is O=C(O)O[C@H]1CCCc2nn(Cc3cccc(C(F)(F)F)n3)c(=O)n21. The number of nitrogens with zero attached hydrogens (tertiary/aromatic N) is 4. The normalized spacial score (nSPS) is 17.2. The maximum absolute atomic E-state index is 12.7. The Kier molecular flexibility index (Phi) is 4.23. The van der Waals surface area contributed by atoms with E-state index in [2.05, 4.69) is 14.8 Å². The van der Waals surface area contributed by atoms with Crippen molar-refractivity contribution in [3.05, 3.63) is 45.9 Å². The molecule has 0 spiro atoms. The summed E-state index contributed by atoms with van der Waals surface area (Å²) in [5.41, 5.74) is -1.70. The Balaban J connectivity index is 1.92. The van der Waals surface area contributed by atoms with Gasteiger partial charge in [0.15, 0.2) is 6.23 Å². The predicted molar refractivity (Wildman–Crippen MR) is 75.9 cm³/mol. The number of aromatic nitrogens is 4. The molecule has 0 saturated heterocycles. The van der Waals surface area contributed by atoms with Crippen LogP contribution >= 0.6 is 0 Å². The van der Waals surface area contributed by atoms with Crippen molar-refractivity contribution in [2.75, 3.05) is 0 Å². The van der Waals surface area contributed by atoms with E-state index in [0.29, 0.717) is 25.1 Å². The molecule has 0 unspecified atom stereocenters. The number of rotatable bonds is 3. The smallest absolute Gasteiger partial charge is 0.450 e. The van der Waals surface area contributed by atoms with Crippen LogP contribution in [0.3, 0.4) is 0 Å². The molecule has 2 aromatic heterocycles. The van der Waals surface area contributed by atoms with Crippen molar-refractivity contribution in [2.24, 2.45) is 0 Å². The monoisotopic (exact) mass is 358 g/mol. The van der Waals surface area contributed by atoms with Crippen LogP contribution < -0.4 is 5.69 Å². The van der Waals surface area contributed by atoms with E-state index in [9.17, 15) is 22.8 Å². The molecule has 1 atom stereocenters. The Hall–Kier alpha value is -2.85. The molecule has 0 amide bonds. The van der Waals surface area contributed by atoms with Crippen molar-refractivity contribution in [1.82, 2.24) is 19.3 Å². The average molecular weight is 358 g/mol. The number of hydrogen-bond acceptors (Lipinski definition) is 5. The minimum atomic E-state index is -4.59. The largest absolute Gasteiger partial charge is 0.507 e. The molecule has 1 N–H and O–H groups in total. The fourth-order valence-electron chi connectivity index (χ4n) is 2.70. The van der Waals surface area contributed by atoms with Gasteiger partial charge in [-0.25, -0.2) is 23.8 Å². The first kappa shape index (κ1) is 17.0. The van der Waals surface area contributed by atoms with E-state index >= 15 is 0 Å². The van der Waals surface area contributed by atoms with Gasteiger partial charge in [0.05, 0.1) is 12.2 Å². The first-order valence-electron chi connectivity index (χ1n) is 7.36. The Morgan fingerprint density at radius 3 is 2.84 bits per heavy atom. The molecule has 3 rings (SSSR count). The number of alkyl halides is 3. The highest BCUT2D eigenvalue weighted by Crippen LogP contribution is 2.27. The maximum Gasteiger partial charge on any atom is 0.507 e. The quantitative estimate of drug-likeness (QED) is 0.843. The van der Waals surface area contributed by atoms with Gasteiger partial charge in [-0.1, -0.05) is 6.07 Å². The van der Waals surface area contributed by atoms with E-state index in [1.54, 1.807) is 0 Å². The molecule has 0 aromatic carbocycles. The van der Waals surface area contributed by atoms with Gasteiger partial charge in [0, 0.05) is 12.8 Å². The molecule has 11 heteroatoms. The molecule has 0 fully saturated rings. The number of aryl methyl sites for hydroxylation is 1. The highest BCUT2D eigenvalue weighted by molar-refractivity contribution is 5.56. The lowest BCUT2D eigenvalue weighted by Crippen LogP contribution is -2.33. The molecule has 1 aliphatic heterocycles. The predicted octanol–water partition coefficient (Wildman–Crippen LogP) is 2.04. The van der Waals surface area contributed by atoms with Crippen molar-refractivity contribution in [2.45, 2.75) is 38.2 Å². The van der Waals surface area contributed by atoms with E-state index in [-0.39, 0.29) is 12.2 Å².